The van der Waals surface area contributed by atoms with Crippen LogP contribution in [0.4, 0.5) is 0 Å². The number of terminal acetylenes is 1. The van der Waals surface area contributed by atoms with Crippen LogP contribution in [0.15, 0.2) is 47.5 Å². The van der Waals surface area contributed by atoms with E-state index in [0.29, 0.717) is 17.2 Å². The van der Waals surface area contributed by atoms with Gasteiger partial charge in [-0.15, -0.1) is 6.42 Å². The molecule has 0 saturated carbocycles. The van der Waals surface area contributed by atoms with E-state index in [1.54, 1.807) is 37.1 Å². The summed E-state index contributed by atoms with van der Waals surface area (Å²) >= 11 is 0. The van der Waals surface area contributed by atoms with E-state index in [2.05, 4.69) is 36.0 Å². The van der Waals surface area contributed by atoms with E-state index in [-0.39, 0.29) is 18.0 Å². The Bertz CT molecular complexity index is 1150. The molecule has 2 aliphatic carbocycles. The van der Waals surface area contributed by atoms with Crippen LogP contribution >= 0.6 is 0 Å². The number of nitrogens with zero attached hydrogens (tertiary/aromatic N) is 4. The van der Waals surface area contributed by atoms with Gasteiger partial charge in [0.1, 0.15) is 18.1 Å². The third-order valence-electron chi connectivity index (χ3n) is 4.63. The van der Waals surface area contributed by atoms with Crippen LogP contribution in [-0.2, 0) is 11.3 Å². The molecule has 0 bridgehead atoms. The number of amides is 1. The molecule has 0 aliphatic heterocycles. The predicted octanol–water partition coefficient (Wildman–Crippen LogP) is 2.39. The van der Waals surface area contributed by atoms with Crippen LogP contribution in [0, 0.1) is 26.2 Å². The second-order valence-corrected chi connectivity index (χ2v) is 6.86. The Labute approximate surface area is 164 Å². The van der Waals surface area contributed by atoms with Gasteiger partial charge in [0.2, 0.25) is 5.91 Å². The first-order valence-corrected chi connectivity index (χ1v) is 8.85. The lowest BCUT2D eigenvalue weighted by atomic mass is 9.88. The maximum absolute atomic E-state index is 12.1. The van der Waals surface area contributed by atoms with E-state index in [9.17, 15) is 9.59 Å². The topological polar surface area (TPSA) is 60.1 Å². The molecule has 2 aromatic heterocycles. The number of hydrogen-bond acceptors (Lipinski definition) is 3. The molecule has 0 fully saturated rings. The maximum Gasteiger partial charge on any atom is 0.253 e. The molecule has 0 aromatic carbocycles. The van der Waals surface area contributed by atoms with Crippen molar-refractivity contribution in [3.63, 3.8) is 0 Å². The standard InChI is InChI=1S/C15H16N4O2.C7H6/c1-5-12-9-19(11(2)16-12)13-6-7-18(14(20)8-13)10-15(21)17(3)4;1-5-4-6-2-3-7(5)6/h1,6-9H,10H2,2-4H3;2-4H,1H3. The zero-order valence-electron chi connectivity index (χ0n) is 16.4. The molecule has 6 heteroatoms. The second kappa shape index (κ2) is 7.57. The van der Waals surface area contributed by atoms with Crippen LogP contribution in [0.25, 0.3) is 16.8 Å². The van der Waals surface area contributed by atoms with Gasteiger partial charge in [0.15, 0.2) is 0 Å². The van der Waals surface area contributed by atoms with Crippen molar-refractivity contribution in [1.29, 1.82) is 0 Å². The highest BCUT2D eigenvalue weighted by molar-refractivity contribution is 5.80. The number of benzene rings is 1. The smallest absolute Gasteiger partial charge is 0.253 e. The Morgan fingerprint density at radius 2 is 1.96 bits per heavy atom. The minimum atomic E-state index is -0.252. The summed E-state index contributed by atoms with van der Waals surface area (Å²) in [6, 6.07) is 9.71. The summed E-state index contributed by atoms with van der Waals surface area (Å²) in [6.45, 7) is 3.97. The Hall–Kier alpha value is -3.59. The molecule has 1 amide bonds. The largest absolute Gasteiger partial charge is 0.347 e. The first kappa shape index (κ1) is 19.2. The van der Waals surface area contributed by atoms with Gasteiger partial charge < -0.3 is 14.0 Å². The number of likely N-dealkylation sites (N-methyl/N-ethyl adjacent to an activating group) is 1. The minimum absolute atomic E-state index is 0.0185. The van der Waals surface area contributed by atoms with Gasteiger partial charge in [-0.25, -0.2) is 4.98 Å². The Kier molecular flexibility index (Phi) is 5.18. The van der Waals surface area contributed by atoms with E-state index in [4.69, 9.17) is 6.42 Å². The lowest BCUT2D eigenvalue weighted by Crippen LogP contribution is -2.31. The highest BCUT2D eigenvalue weighted by Gasteiger charge is 2.11. The average molecular weight is 374 g/mol. The van der Waals surface area contributed by atoms with Gasteiger partial charge in [-0.2, -0.15) is 0 Å². The van der Waals surface area contributed by atoms with Gasteiger partial charge in [0.05, 0.1) is 5.69 Å². The van der Waals surface area contributed by atoms with Crippen molar-refractivity contribution in [3.05, 3.63) is 70.2 Å². The molecule has 0 saturated heterocycles. The molecule has 4 rings (SSSR count). The fourth-order valence-corrected chi connectivity index (χ4v) is 2.85. The summed E-state index contributed by atoms with van der Waals surface area (Å²) in [5, 5.41) is 0. The van der Waals surface area contributed by atoms with Crippen LogP contribution in [0.5, 0.6) is 0 Å². The fraction of sp³-hybridized carbons (Fsp3) is 0.227. The second-order valence-electron chi connectivity index (χ2n) is 6.86. The first-order valence-electron chi connectivity index (χ1n) is 8.85. The minimum Gasteiger partial charge on any atom is -0.347 e. The van der Waals surface area contributed by atoms with Crippen molar-refractivity contribution in [2.24, 2.45) is 0 Å². The van der Waals surface area contributed by atoms with Crippen LogP contribution in [-0.4, -0.2) is 39.0 Å². The number of imidazole rings is 1. The molecule has 6 nitrogen and oxygen atoms in total. The van der Waals surface area contributed by atoms with Gasteiger partial charge in [-0.05, 0) is 42.5 Å². The number of carbonyl (C=O) groups excluding carboxylic acids is 1. The van der Waals surface area contributed by atoms with Crippen molar-refractivity contribution in [2.45, 2.75) is 20.4 Å². The summed E-state index contributed by atoms with van der Waals surface area (Å²) in [5.74, 6) is 3.02. The lowest BCUT2D eigenvalue weighted by Gasteiger charge is -2.17. The number of hydrogen-bond donors (Lipinski definition) is 0. The molecular weight excluding hydrogens is 352 g/mol. The number of aryl methyl sites for hydroxylation is 2. The highest BCUT2D eigenvalue weighted by Crippen LogP contribution is 2.35. The van der Waals surface area contributed by atoms with Crippen molar-refractivity contribution < 1.29 is 4.79 Å². The van der Waals surface area contributed by atoms with E-state index in [1.807, 2.05) is 6.92 Å². The molecule has 142 valence electrons. The zero-order chi connectivity index (χ0) is 20.4. The van der Waals surface area contributed by atoms with E-state index in [1.165, 1.54) is 32.2 Å². The number of rotatable bonds is 3. The van der Waals surface area contributed by atoms with Gasteiger partial charge in [-0.1, -0.05) is 18.2 Å². The Morgan fingerprint density at radius 3 is 2.36 bits per heavy atom. The number of carbonyl (C=O) groups is 1. The van der Waals surface area contributed by atoms with Crippen LogP contribution < -0.4 is 5.56 Å². The Balaban J connectivity index is 0.000000264. The third-order valence-corrected chi connectivity index (χ3v) is 4.63. The van der Waals surface area contributed by atoms with E-state index in [0.717, 1.165) is 0 Å². The van der Waals surface area contributed by atoms with Crippen molar-refractivity contribution in [1.82, 2.24) is 19.0 Å². The molecule has 0 N–H and O–H groups in total. The zero-order valence-corrected chi connectivity index (χ0v) is 16.4. The summed E-state index contributed by atoms with van der Waals surface area (Å²) in [4.78, 5) is 29.4. The van der Waals surface area contributed by atoms with Crippen LogP contribution in [0.1, 0.15) is 17.1 Å². The molecule has 2 aliphatic rings. The molecule has 28 heavy (non-hydrogen) atoms. The molecule has 0 radical (unpaired) electrons. The Morgan fingerprint density at radius 1 is 1.21 bits per heavy atom. The average Bonchev–Trinajstić information content (AvgIpc) is 3.02. The van der Waals surface area contributed by atoms with Gasteiger partial charge in [0.25, 0.3) is 5.56 Å². The van der Waals surface area contributed by atoms with Crippen LogP contribution in [0.2, 0.25) is 0 Å². The monoisotopic (exact) mass is 374 g/mol. The summed E-state index contributed by atoms with van der Waals surface area (Å²) < 4.78 is 3.11. The van der Waals surface area contributed by atoms with Gasteiger partial charge in [0, 0.05) is 32.6 Å². The normalized spacial score (nSPS) is 10.5. The van der Waals surface area contributed by atoms with E-state index >= 15 is 0 Å². The molecule has 0 spiro atoms. The molecular formula is C22H22N4O2. The number of fused-ring (bicyclic) bond motifs is 1. The van der Waals surface area contributed by atoms with Gasteiger partial charge >= 0.3 is 0 Å². The van der Waals surface area contributed by atoms with E-state index < -0.39 is 0 Å². The van der Waals surface area contributed by atoms with Crippen molar-refractivity contribution >= 4 is 5.91 Å². The molecule has 2 aromatic rings. The lowest BCUT2D eigenvalue weighted by molar-refractivity contribution is -0.129. The SMILES string of the molecule is C#Cc1cn(-c2ccn(CC(=O)N(C)C)c(=O)c2)c(C)n1.Cc1cc2ccc1-2. The van der Waals surface area contributed by atoms with Gasteiger partial charge in [-0.3, -0.25) is 9.59 Å². The fourth-order valence-electron chi connectivity index (χ4n) is 2.85. The maximum atomic E-state index is 12.1. The number of aromatic nitrogens is 3. The van der Waals surface area contributed by atoms with Crippen molar-refractivity contribution in [3.8, 4) is 29.2 Å². The third kappa shape index (κ3) is 3.74. The quantitative estimate of drug-likeness (QED) is 0.518. The predicted molar refractivity (Wildman–Crippen MR) is 109 cm³/mol. The molecule has 0 atom stereocenters. The molecule has 2 heterocycles. The summed E-state index contributed by atoms with van der Waals surface area (Å²) in [6.07, 6.45) is 8.60. The summed E-state index contributed by atoms with van der Waals surface area (Å²) in [5.41, 5.74) is 5.28. The first-order chi connectivity index (χ1) is 13.3. The summed E-state index contributed by atoms with van der Waals surface area (Å²) in [7, 11) is 3.30. The van der Waals surface area contributed by atoms with Crippen LogP contribution in [0.3, 0.4) is 0 Å². The molecule has 0 unspecified atom stereocenters. The van der Waals surface area contributed by atoms with Crippen molar-refractivity contribution in [2.75, 3.05) is 14.1 Å². The highest BCUT2D eigenvalue weighted by atomic mass is 16.2. The number of pyridine rings is 1.